The Hall–Kier alpha value is -0.706. The second kappa shape index (κ2) is 7.89. The largest absolute Gasteiger partial charge is 0.408 e. The van der Waals surface area contributed by atoms with Gasteiger partial charge in [0.15, 0.2) is 18.1 Å². The molecule has 0 N–H and O–H groups in total. The molecule has 0 aromatic carbocycles. The summed E-state index contributed by atoms with van der Waals surface area (Å²) in [5, 5.41) is -0.0551. The third kappa shape index (κ3) is 6.51. The number of carbonyl (C=O) groups is 2. The third-order valence-corrected chi connectivity index (χ3v) is 11.1. The average molecular weight is 390 g/mol. The topological polar surface area (TPSA) is 65.1 Å². The number of carbonyl (C=O) groups excluding carboxylic acids is 2. The zero-order valence-corrected chi connectivity index (χ0v) is 19.6. The maximum absolute atomic E-state index is 11.9. The van der Waals surface area contributed by atoms with Crippen LogP contribution in [0.5, 0.6) is 0 Å². The van der Waals surface area contributed by atoms with E-state index in [0.29, 0.717) is 13.0 Å². The first-order chi connectivity index (χ1) is 11.2. The van der Waals surface area contributed by atoms with Gasteiger partial charge in [-0.1, -0.05) is 41.5 Å². The van der Waals surface area contributed by atoms with Gasteiger partial charge in [-0.3, -0.25) is 9.59 Å². The molecular weight excluding hydrogens is 354 g/mol. The average Bonchev–Trinajstić information content (AvgIpc) is 2.40. The van der Waals surface area contributed by atoms with Crippen LogP contribution >= 0.6 is 0 Å². The molecule has 1 heterocycles. The van der Waals surface area contributed by atoms with Crippen molar-refractivity contribution in [1.82, 2.24) is 4.90 Å². The minimum absolute atomic E-state index is 0.0275. The number of ether oxygens (including phenoxy) is 1. The molecule has 0 saturated carbocycles. The minimum atomic E-state index is -1.77. The van der Waals surface area contributed by atoms with Gasteiger partial charge in [-0.15, -0.1) is 0 Å². The number of likely N-dealkylation sites (tertiary alicyclic amines) is 1. The molecule has 0 radical (unpaired) electrons. The van der Waals surface area contributed by atoms with E-state index in [4.69, 9.17) is 13.6 Å². The molecule has 0 spiro atoms. The second-order valence-electron chi connectivity index (χ2n) is 9.09. The molecule has 25 heavy (non-hydrogen) atoms. The van der Waals surface area contributed by atoms with Crippen molar-refractivity contribution in [2.24, 2.45) is 0 Å². The molecule has 0 bridgehead atoms. The first-order valence-electron chi connectivity index (χ1n) is 8.99. The first kappa shape index (κ1) is 22.3. The Morgan fingerprint density at radius 1 is 1.04 bits per heavy atom. The fraction of sp³-hybridized carbons (Fsp3) is 0.882. The minimum Gasteiger partial charge on any atom is -0.408 e. The Morgan fingerprint density at radius 2 is 1.48 bits per heavy atom. The van der Waals surface area contributed by atoms with Crippen LogP contribution in [0.3, 0.4) is 0 Å². The van der Waals surface area contributed by atoms with Crippen molar-refractivity contribution in [2.75, 3.05) is 13.1 Å². The standard InChI is InChI=1S/C17H35NO5Si2/c1-13(19)21-17(12-18-11-10-14(18)20,22-24(8)15(2,3)4)23-25(9)16(5,6)7/h24-25H,10-12H2,1-9H3. The number of β-lactam (4-membered cyclic amide) rings is 1. The highest BCUT2D eigenvalue weighted by Gasteiger charge is 2.47. The predicted molar refractivity (Wildman–Crippen MR) is 103 cm³/mol. The lowest BCUT2D eigenvalue weighted by Crippen LogP contribution is -2.60. The van der Waals surface area contributed by atoms with Crippen molar-refractivity contribution in [3.8, 4) is 0 Å². The molecule has 0 aromatic rings. The first-order valence-corrected chi connectivity index (χ1v) is 13.4. The van der Waals surface area contributed by atoms with Gasteiger partial charge in [-0.25, -0.2) is 0 Å². The van der Waals surface area contributed by atoms with Crippen LogP contribution in [0.2, 0.25) is 23.2 Å². The van der Waals surface area contributed by atoms with Crippen molar-refractivity contribution in [1.29, 1.82) is 0 Å². The summed E-state index contributed by atoms with van der Waals surface area (Å²) in [5.74, 6) is -1.91. The van der Waals surface area contributed by atoms with Gasteiger partial charge in [0.1, 0.15) is 6.54 Å². The summed E-state index contributed by atoms with van der Waals surface area (Å²) in [5.41, 5.74) is 0. The fourth-order valence-corrected chi connectivity index (χ4v) is 4.31. The molecule has 1 rings (SSSR count). The monoisotopic (exact) mass is 389 g/mol. The molecule has 1 amide bonds. The molecule has 0 aliphatic carbocycles. The van der Waals surface area contributed by atoms with Crippen LogP contribution in [-0.4, -0.2) is 53.9 Å². The Balaban J connectivity index is 3.16. The Kier molecular flexibility index (Phi) is 7.05. The molecule has 2 unspecified atom stereocenters. The van der Waals surface area contributed by atoms with E-state index in [9.17, 15) is 9.59 Å². The Bertz CT molecular complexity index is 476. The van der Waals surface area contributed by atoms with Crippen molar-refractivity contribution >= 4 is 30.0 Å². The Morgan fingerprint density at radius 3 is 1.72 bits per heavy atom. The van der Waals surface area contributed by atoms with E-state index < -0.39 is 30.0 Å². The van der Waals surface area contributed by atoms with Gasteiger partial charge in [0.25, 0.3) is 0 Å². The van der Waals surface area contributed by atoms with E-state index >= 15 is 0 Å². The van der Waals surface area contributed by atoms with Crippen LogP contribution in [0.25, 0.3) is 0 Å². The highest BCUT2D eigenvalue weighted by molar-refractivity contribution is 6.55. The highest BCUT2D eigenvalue weighted by Crippen LogP contribution is 2.36. The number of hydrogen-bond acceptors (Lipinski definition) is 5. The van der Waals surface area contributed by atoms with Gasteiger partial charge in [-0.05, 0) is 23.2 Å². The van der Waals surface area contributed by atoms with Crippen LogP contribution in [0.4, 0.5) is 0 Å². The van der Waals surface area contributed by atoms with E-state index in [0.717, 1.165) is 0 Å². The zero-order chi connectivity index (χ0) is 19.6. The smallest absolute Gasteiger partial charge is 0.328 e. The fourth-order valence-electron chi connectivity index (χ4n) is 2.06. The normalized spacial score (nSPS) is 20.5. The molecule has 6 nitrogen and oxygen atoms in total. The summed E-state index contributed by atoms with van der Waals surface area (Å²) in [6.07, 6.45) is 0.522. The highest BCUT2D eigenvalue weighted by atomic mass is 28.3. The molecule has 2 atom stereocenters. The van der Waals surface area contributed by atoms with Crippen molar-refractivity contribution in [3.63, 3.8) is 0 Å². The van der Waals surface area contributed by atoms with Gasteiger partial charge < -0.3 is 18.5 Å². The molecule has 1 fully saturated rings. The maximum atomic E-state index is 11.9. The van der Waals surface area contributed by atoms with E-state index in [-0.39, 0.29) is 22.5 Å². The number of rotatable bonds is 7. The lowest BCUT2D eigenvalue weighted by Gasteiger charge is -2.45. The maximum Gasteiger partial charge on any atom is 0.328 e. The van der Waals surface area contributed by atoms with E-state index in [1.54, 1.807) is 4.90 Å². The number of nitrogens with zero attached hydrogens (tertiary/aromatic N) is 1. The SMILES string of the molecule is CC(=O)OC(CN1CCC1=O)(O[SiH](C)C(C)(C)C)O[SiH](C)C(C)(C)C. The van der Waals surface area contributed by atoms with Crippen LogP contribution in [0.1, 0.15) is 54.9 Å². The third-order valence-electron chi connectivity index (χ3n) is 4.78. The van der Waals surface area contributed by atoms with Crippen molar-refractivity contribution in [2.45, 2.75) is 84.0 Å². The molecule has 1 aliphatic rings. The summed E-state index contributed by atoms with van der Waals surface area (Å²) in [4.78, 5) is 25.3. The summed E-state index contributed by atoms with van der Waals surface area (Å²) in [6, 6.07) is 0. The van der Waals surface area contributed by atoms with E-state index in [1.807, 2.05) is 0 Å². The van der Waals surface area contributed by atoms with Gasteiger partial charge in [0, 0.05) is 19.9 Å². The molecule has 1 aliphatic heterocycles. The number of esters is 1. The van der Waals surface area contributed by atoms with Crippen LogP contribution in [-0.2, 0) is 23.2 Å². The molecule has 146 valence electrons. The summed E-state index contributed by atoms with van der Waals surface area (Å²) in [7, 11) is -3.54. The summed E-state index contributed by atoms with van der Waals surface area (Å²) in [6.45, 7) is 19.0. The van der Waals surface area contributed by atoms with Gasteiger partial charge in [0.05, 0.1) is 0 Å². The second-order valence-corrected chi connectivity index (χ2v) is 15.6. The molecule has 8 heteroatoms. The quantitative estimate of drug-likeness (QED) is 0.290. The van der Waals surface area contributed by atoms with Crippen molar-refractivity contribution < 1.29 is 23.2 Å². The molecule has 0 aromatic heterocycles. The van der Waals surface area contributed by atoms with Gasteiger partial charge in [-0.2, -0.15) is 0 Å². The number of amides is 1. The lowest BCUT2D eigenvalue weighted by molar-refractivity contribution is -0.299. The van der Waals surface area contributed by atoms with Gasteiger partial charge >= 0.3 is 11.9 Å². The van der Waals surface area contributed by atoms with Crippen LogP contribution in [0.15, 0.2) is 0 Å². The zero-order valence-electron chi connectivity index (χ0n) is 17.3. The van der Waals surface area contributed by atoms with Crippen LogP contribution in [0, 0.1) is 0 Å². The summed E-state index contributed by atoms with van der Waals surface area (Å²) >= 11 is 0. The van der Waals surface area contributed by atoms with Crippen LogP contribution < -0.4 is 0 Å². The van der Waals surface area contributed by atoms with E-state index in [2.05, 4.69) is 54.6 Å². The Labute approximate surface area is 155 Å². The summed E-state index contributed by atoms with van der Waals surface area (Å²) < 4.78 is 18.3. The predicted octanol–water partition coefficient (Wildman–Crippen LogP) is 2.78. The van der Waals surface area contributed by atoms with E-state index in [1.165, 1.54) is 6.92 Å². The van der Waals surface area contributed by atoms with Crippen molar-refractivity contribution in [3.05, 3.63) is 0 Å². The lowest BCUT2D eigenvalue weighted by atomic mass is 10.2. The van der Waals surface area contributed by atoms with Gasteiger partial charge in [0.2, 0.25) is 5.91 Å². The molecular formula is C17H35NO5Si2. The molecule has 1 saturated heterocycles. The number of hydrogen-bond donors (Lipinski definition) is 0.